The number of fused-ring (bicyclic) bond motifs is 7. The Balaban J connectivity index is 1.25. The van der Waals surface area contributed by atoms with Crippen LogP contribution >= 0.6 is 0 Å². The largest absolute Gasteiger partial charge is 0.453 e. The van der Waals surface area contributed by atoms with Gasteiger partial charge >= 0.3 is 0 Å². The zero-order valence-corrected chi connectivity index (χ0v) is 30.2. The Morgan fingerprint density at radius 2 is 1.15 bits per heavy atom. The van der Waals surface area contributed by atoms with E-state index in [-0.39, 0.29) is 10.8 Å². The fourth-order valence-electron chi connectivity index (χ4n) is 9.20. The van der Waals surface area contributed by atoms with Gasteiger partial charge in [-0.2, -0.15) is 0 Å². The van der Waals surface area contributed by atoms with Crippen molar-refractivity contribution in [3.63, 3.8) is 0 Å². The molecule has 10 rings (SSSR count). The number of rotatable bonds is 4. The van der Waals surface area contributed by atoms with E-state index in [2.05, 4.69) is 196 Å². The lowest BCUT2D eigenvalue weighted by Gasteiger charge is -2.47. The Hall–Kier alpha value is -6.06. The summed E-state index contributed by atoms with van der Waals surface area (Å²) in [6, 6.07) is 55.4. The van der Waals surface area contributed by atoms with Crippen LogP contribution in [0.3, 0.4) is 0 Å². The molecule has 0 saturated carbocycles. The van der Waals surface area contributed by atoms with Crippen LogP contribution in [-0.4, -0.2) is 0 Å². The lowest BCUT2D eigenvalue weighted by atomic mass is 9.72. The molecule has 1 aliphatic carbocycles. The van der Waals surface area contributed by atoms with Gasteiger partial charge < -0.3 is 14.5 Å². The molecule has 0 bridgehead atoms. The van der Waals surface area contributed by atoms with Crippen molar-refractivity contribution in [3.05, 3.63) is 179 Å². The van der Waals surface area contributed by atoms with Crippen molar-refractivity contribution in [2.75, 3.05) is 9.80 Å². The second-order valence-corrected chi connectivity index (χ2v) is 15.5. The normalized spacial score (nSPS) is 15.1. The van der Waals surface area contributed by atoms with Crippen molar-refractivity contribution in [3.8, 4) is 33.8 Å². The van der Waals surface area contributed by atoms with Crippen LogP contribution in [0.5, 0.6) is 11.5 Å². The van der Waals surface area contributed by atoms with Gasteiger partial charge in [-0.1, -0.05) is 131 Å². The van der Waals surface area contributed by atoms with Crippen LogP contribution in [0.4, 0.5) is 34.1 Å². The van der Waals surface area contributed by atoms with E-state index < -0.39 is 0 Å². The molecule has 0 spiro atoms. The van der Waals surface area contributed by atoms with E-state index in [1.807, 2.05) is 0 Å². The van der Waals surface area contributed by atoms with Gasteiger partial charge in [0.25, 0.3) is 0 Å². The minimum absolute atomic E-state index is 0.126. The summed E-state index contributed by atoms with van der Waals surface area (Å²) in [6.07, 6.45) is 0. The highest BCUT2D eigenvalue weighted by Gasteiger charge is 2.44. The summed E-state index contributed by atoms with van der Waals surface area (Å²) in [4.78, 5) is 4.96. The van der Waals surface area contributed by atoms with E-state index in [1.54, 1.807) is 0 Å². The molecule has 3 aliphatic rings. The number of para-hydroxylation sites is 2. The Morgan fingerprint density at radius 1 is 0.500 bits per heavy atom. The summed E-state index contributed by atoms with van der Waals surface area (Å²) >= 11 is 0. The van der Waals surface area contributed by atoms with Gasteiger partial charge in [0.2, 0.25) is 0 Å². The summed E-state index contributed by atoms with van der Waals surface area (Å²) < 4.78 is 6.62. The molecule has 0 fully saturated rings. The lowest BCUT2D eigenvalue weighted by Crippen LogP contribution is -2.34. The molecule has 0 aromatic heterocycles. The Kier molecular flexibility index (Phi) is 6.48. The fraction of sp³-hybridized carbons (Fsp3) is 0.143. The molecule has 0 N–H and O–H groups in total. The molecule has 3 heteroatoms. The maximum atomic E-state index is 6.62. The smallest absolute Gasteiger partial charge is 0.151 e. The molecular formula is C49H40N2O. The minimum Gasteiger partial charge on any atom is -0.453 e. The van der Waals surface area contributed by atoms with Crippen LogP contribution < -0.4 is 14.5 Å². The van der Waals surface area contributed by atoms with Gasteiger partial charge in [-0.15, -0.1) is 0 Å². The molecule has 52 heavy (non-hydrogen) atoms. The minimum atomic E-state index is -0.348. The van der Waals surface area contributed by atoms with E-state index in [9.17, 15) is 0 Å². The highest BCUT2D eigenvalue weighted by atomic mass is 16.5. The molecule has 0 atom stereocenters. The molecular weight excluding hydrogens is 633 g/mol. The molecule has 3 nitrogen and oxygen atoms in total. The SMILES string of the molecule is Cc1cccc2c1N1c3cccc(N(c4cccc(-c5ccccc5)c4)c4ccc5c(c4)C(C)(C)c4ccccc4-5)c3C(C)(C)c3cccc(c31)O2. The summed E-state index contributed by atoms with van der Waals surface area (Å²) in [5.41, 5.74) is 17.9. The lowest BCUT2D eigenvalue weighted by molar-refractivity contribution is 0.471. The first-order valence-corrected chi connectivity index (χ1v) is 18.3. The van der Waals surface area contributed by atoms with Crippen LogP contribution in [0.25, 0.3) is 22.3 Å². The van der Waals surface area contributed by atoms with Crippen LogP contribution in [0.1, 0.15) is 55.5 Å². The first-order valence-electron chi connectivity index (χ1n) is 18.3. The summed E-state index contributed by atoms with van der Waals surface area (Å²) in [5, 5.41) is 0. The van der Waals surface area contributed by atoms with Crippen molar-refractivity contribution in [2.45, 2.75) is 45.4 Å². The summed E-state index contributed by atoms with van der Waals surface area (Å²) in [7, 11) is 0. The quantitative estimate of drug-likeness (QED) is 0.185. The van der Waals surface area contributed by atoms with Gasteiger partial charge in [-0.25, -0.2) is 0 Å². The first kappa shape index (κ1) is 30.7. The number of nitrogens with zero attached hydrogens (tertiary/aromatic N) is 2. The van der Waals surface area contributed by atoms with Crippen molar-refractivity contribution < 1.29 is 4.74 Å². The second kappa shape index (κ2) is 11.0. The number of benzene rings is 7. The van der Waals surface area contributed by atoms with Crippen molar-refractivity contribution in [1.29, 1.82) is 0 Å². The average Bonchev–Trinajstić information content (AvgIpc) is 3.39. The zero-order valence-electron chi connectivity index (χ0n) is 30.2. The van der Waals surface area contributed by atoms with Crippen molar-refractivity contribution in [2.24, 2.45) is 0 Å². The Morgan fingerprint density at radius 3 is 2.00 bits per heavy atom. The van der Waals surface area contributed by atoms with Gasteiger partial charge in [0.05, 0.1) is 22.7 Å². The predicted octanol–water partition coefficient (Wildman–Crippen LogP) is 13.7. The predicted molar refractivity (Wildman–Crippen MR) is 216 cm³/mol. The molecule has 2 heterocycles. The second-order valence-electron chi connectivity index (χ2n) is 15.5. The van der Waals surface area contributed by atoms with Crippen molar-refractivity contribution in [1.82, 2.24) is 0 Å². The highest BCUT2D eigenvalue weighted by molar-refractivity contribution is 5.98. The van der Waals surface area contributed by atoms with E-state index in [4.69, 9.17) is 4.74 Å². The number of ether oxygens (including phenoxy) is 1. The molecule has 7 aromatic carbocycles. The van der Waals surface area contributed by atoms with Crippen molar-refractivity contribution >= 4 is 34.1 Å². The van der Waals surface area contributed by atoms with E-state index in [0.717, 1.165) is 34.2 Å². The number of hydrogen-bond donors (Lipinski definition) is 0. The maximum Gasteiger partial charge on any atom is 0.151 e. The standard InChI is InChI=1S/C49H40N2O/c1-31-15-11-25-43-46(31)51-42-24-14-23-41(45(42)49(4,5)39-22-13-26-44(52-43)47(39)51)50(34-19-12-18-33(29-34)32-16-7-6-8-17-32)35-27-28-37-36-20-9-10-21-38(36)48(2,3)40(37)30-35/h6-30H,1-5H3. The zero-order chi connectivity index (χ0) is 35.4. The monoisotopic (exact) mass is 672 g/mol. The highest BCUT2D eigenvalue weighted by Crippen LogP contribution is 2.62. The van der Waals surface area contributed by atoms with Gasteiger partial charge in [0, 0.05) is 27.8 Å². The summed E-state index contributed by atoms with van der Waals surface area (Å²) in [6.45, 7) is 11.7. The molecule has 252 valence electrons. The van der Waals surface area contributed by atoms with Crippen LogP contribution in [0.15, 0.2) is 152 Å². The van der Waals surface area contributed by atoms with Gasteiger partial charge in [0.1, 0.15) is 0 Å². The van der Waals surface area contributed by atoms with Gasteiger partial charge in [-0.3, -0.25) is 0 Å². The molecule has 0 radical (unpaired) electrons. The van der Waals surface area contributed by atoms with Crippen LogP contribution in [0, 0.1) is 6.92 Å². The number of hydrogen-bond acceptors (Lipinski definition) is 3. The number of anilines is 6. The summed E-state index contributed by atoms with van der Waals surface area (Å²) in [5.74, 6) is 1.78. The average molecular weight is 673 g/mol. The molecule has 0 unspecified atom stereocenters. The third-order valence-electron chi connectivity index (χ3n) is 11.7. The third-order valence-corrected chi connectivity index (χ3v) is 11.7. The van der Waals surface area contributed by atoms with E-state index in [1.165, 1.54) is 61.4 Å². The number of aryl methyl sites for hydroxylation is 1. The maximum absolute atomic E-state index is 6.62. The third kappa shape index (κ3) is 4.26. The molecule has 2 aliphatic heterocycles. The Bertz CT molecular complexity index is 2580. The van der Waals surface area contributed by atoms with Gasteiger partial charge in [0.15, 0.2) is 11.5 Å². The molecule has 0 saturated heterocycles. The van der Waals surface area contributed by atoms with Gasteiger partial charge in [-0.05, 0) is 100.0 Å². The molecule has 0 amide bonds. The fourth-order valence-corrected chi connectivity index (χ4v) is 9.20. The Labute approximate surface area is 306 Å². The van der Waals surface area contributed by atoms with E-state index in [0.29, 0.717) is 0 Å². The van der Waals surface area contributed by atoms with Crippen LogP contribution in [0.2, 0.25) is 0 Å². The van der Waals surface area contributed by atoms with Crippen LogP contribution in [-0.2, 0) is 10.8 Å². The topological polar surface area (TPSA) is 15.7 Å². The van der Waals surface area contributed by atoms with E-state index >= 15 is 0 Å². The first-order chi connectivity index (χ1) is 25.2. The molecule has 7 aromatic rings.